The third-order valence-corrected chi connectivity index (χ3v) is 12.5. The van der Waals surface area contributed by atoms with Crippen LogP contribution in [-0.4, -0.2) is 48.5 Å². The van der Waals surface area contributed by atoms with Crippen LogP contribution in [0.4, 0.5) is 0 Å². The van der Waals surface area contributed by atoms with Gasteiger partial charge in [-0.3, -0.25) is 9.59 Å². The zero-order chi connectivity index (χ0) is 27.9. The summed E-state index contributed by atoms with van der Waals surface area (Å²) in [5.41, 5.74) is 0.448. The summed E-state index contributed by atoms with van der Waals surface area (Å²) in [6.07, 6.45) is 2.35. The van der Waals surface area contributed by atoms with Crippen LogP contribution in [0.2, 0.25) is 0 Å². The molecule has 1 unspecified atom stereocenters. The van der Waals surface area contributed by atoms with Gasteiger partial charge in [-0.05, 0) is 62.0 Å². The van der Waals surface area contributed by atoms with Gasteiger partial charge in [-0.25, -0.2) is 4.98 Å². The molecule has 208 valence electrons. The lowest BCUT2D eigenvalue weighted by atomic mass is 9.73. The molecule has 0 amide bonds. The van der Waals surface area contributed by atoms with Crippen molar-refractivity contribution in [2.75, 3.05) is 0 Å². The third-order valence-electron chi connectivity index (χ3n) is 8.82. The van der Waals surface area contributed by atoms with Crippen molar-refractivity contribution >= 4 is 61.0 Å². The molecule has 0 bridgehead atoms. The SMILES string of the molecule is C/C(=C\c1csc(C)n1)[C@@H]1C[C@@H]2C(Br)(Br)[C@]2(C)CCC[C@H](C)C(O)[C@@H](C)C(=O)C(C)(C)[C@@H](O)CC(=O)O1. The highest BCUT2D eigenvalue weighted by atomic mass is 79.9. The first kappa shape index (κ1) is 30.9. The Hall–Kier alpha value is -0.610. The van der Waals surface area contributed by atoms with Crippen molar-refractivity contribution < 1.29 is 24.5 Å². The van der Waals surface area contributed by atoms with Gasteiger partial charge in [0.2, 0.25) is 0 Å². The van der Waals surface area contributed by atoms with Crippen molar-refractivity contribution in [1.29, 1.82) is 0 Å². The summed E-state index contributed by atoms with van der Waals surface area (Å²) in [4.78, 5) is 30.9. The van der Waals surface area contributed by atoms with Crippen LogP contribution >= 0.6 is 43.2 Å². The summed E-state index contributed by atoms with van der Waals surface area (Å²) in [5.74, 6) is -1.32. The first-order valence-corrected chi connectivity index (χ1v) is 15.6. The lowest BCUT2D eigenvalue weighted by Crippen LogP contribution is -2.45. The Morgan fingerprint density at radius 1 is 1.22 bits per heavy atom. The standard InChI is InChI=1S/C28H41Br2NO5S/c1-15-9-8-10-27(7)21(28(27,29)30)12-20(16(2)11-19-14-37-18(4)31-19)36-23(33)13-22(32)26(5,6)25(35)17(3)24(15)34/h11,14-15,17,20-22,24,32,34H,8-10,12-13H2,1-7H3/b16-11+/t15-,17+,20-,21-,22-,24?,27+/m0/s1. The third kappa shape index (κ3) is 6.42. The highest BCUT2D eigenvalue weighted by Crippen LogP contribution is 2.75. The van der Waals surface area contributed by atoms with E-state index in [0.29, 0.717) is 6.42 Å². The molecule has 9 heteroatoms. The second-order valence-electron chi connectivity index (χ2n) is 11.9. The van der Waals surface area contributed by atoms with E-state index >= 15 is 0 Å². The van der Waals surface area contributed by atoms with Gasteiger partial charge >= 0.3 is 5.97 Å². The smallest absolute Gasteiger partial charge is 0.309 e. The molecule has 1 saturated heterocycles. The van der Waals surface area contributed by atoms with Gasteiger partial charge in [0.25, 0.3) is 0 Å². The summed E-state index contributed by atoms with van der Waals surface area (Å²) in [6.45, 7) is 13.1. The van der Waals surface area contributed by atoms with Crippen LogP contribution < -0.4 is 0 Å². The molecule has 2 heterocycles. The number of cyclic esters (lactones) is 1. The highest BCUT2D eigenvalue weighted by Gasteiger charge is 2.71. The molecule has 7 atom stereocenters. The molecule has 3 rings (SSSR count). The maximum absolute atomic E-state index is 13.3. The molecular formula is C28H41Br2NO5S. The van der Waals surface area contributed by atoms with Gasteiger partial charge in [0, 0.05) is 11.3 Å². The number of ether oxygens (including phenoxy) is 1. The number of halogens is 2. The lowest BCUT2D eigenvalue weighted by molar-refractivity contribution is -0.154. The first-order valence-electron chi connectivity index (χ1n) is 13.1. The van der Waals surface area contributed by atoms with Gasteiger partial charge < -0.3 is 14.9 Å². The fourth-order valence-electron chi connectivity index (χ4n) is 5.72. The minimum absolute atomic E-state index is 0.0647. The summed E-state index contributed by atoms with van der Waals surface area (Å²) in [5, 5.41) is 24.8. The van der Waals surface area contributed by atoms with Crippen molar-refractivity contribution in [2.45, 2.75) is 102 Å². The number of hydrogen-bond donors (Lipinski definition) is 2. The number of carbonyl (C=O) groups is 2. The molecule has 0 radical (unpaired) electrons. The van der Waals surface area contributed by atoms with E-state index in [1.54, 1.807) is 32.1 Å². The summed E-state index contributed by atoms with van der Waals surface area (Å²) >= 11 is 9.35. The summed E-state index contributed by atoms with van der Waals surface area (Å²) in [6, 6.07) is 0. The number of thiazole rings is 1. The monoisotopic (exact) mass is 661 g/mol. The van der Waals surface area contributed by atoms with E-state index in [2.05, 4.69) is 43.8 Å². The number of carbonyl (C=O) groups excluding carboxylic acids is 2. The largest absolute Gasteiger partial charge is 0.458 e. The lowest BCUT2D eigenvalue weighted by Gasteiger charge is -2.34. The zero-order valence-corrected chi connectivity index (χ0v) is 26.9. The number of nitrogens with zero attached hydrogens (tertiary/aromatic N) is 1. The number of esters is 1. The van der Waals surface area contributed by atoms with E-state index in [9.17, 15) is 19.8 Å². The van der Waals surface area contributed by atoms with Gasteiger partial charge in [-0.1, -0.05) is 72.9 Å². The number of aryl methyl sites for hydroxylation is 1. The number of aliphatic hydroxyl groups excluding tert-OH is 2. The van der Waals surface area contributed by atoms with Crippen LogP contribution in [0.15, 0.2) is 11.0 Å². The van der Waals surface area contributed by atoms with Crippen molar-refractivity contribution in [3.05, 3.63) is 21.7 Å². The topological polar surface area (TPSA) is 96.7 Å². The van der Waals surface area contributed by atoms with Crippen LogP contribution in [0.25, 0.3) is 6.08 Å². The Labute approximate surface area is 241 Å². The molecule has 37 heavy (non-hydrogen) atoms. The molecule has 1 aromatic heterocycles. The highest BCUT2D eigenvalue weighted by molar-refractivity contribution is 9.25. The fraction of sp³-hybridized carbons (Fsp3) is 0.750. The molecule has 2 aliphatic rings. The van der Waals surface area contributed by atoms with E-state index in [4.69, 9.17) is 4.74 Å². The molecule has 1 aliphatic carbocycles. The minimum atomic E-state index is -1.23. The Bertz CT molecular complexity index is 1040. The summed E-state index contributed by atoms with van der Waals surface area (Å²) < 4.78 is 5.72. The van der Waals surface area contributed by atoms with E-state index in [1.807, 2.05) is 32.2 Å². The van der Waals surface area contributed by atoms with Gasteiger partial charge in [0.1, 0.15) is 11.9 Å². The Balaban J connectivity index is 1.93. The molecule has 0 aromatic carbocycles. The predicted molar refractivity (Wildman–Crippen MR) is 155 cm³/mol. The molecule has 0 spiro atoms. The van der Waals surface area contributed by atoms with E-state index < -0.39 is 35.6 Å². The fourth-order valence-corrected chi connectivity index (χ4v) is 8.39. The maximum atomic E-state index is 13.3. The van der Waals surface area contributed by atoms with Gasteiger partial charge in [-0.2, -0.15) is 0 Å². The number of ketones is 1. The van der Waals surface area contributed by atoms with Crippen molar-refractivity contribution in [2.24, 2.45) is 28.6 Å². The number of rotatable bonds is 2. The van der Waals surface area contributed by atoms with Gasteiger partial charge in [0.15, 0.2) is 0 Å². The molecule has 1 aliphatic heterocycles. The van der Waals surface area contributed by atoms with Crippen LogP contribution in [0.1, 0.15) is 84.3 Å². The number of fused-ring (bicyclic) bond motifs is 1. The maximum Gasteiger partial charge on any atom is 0.309 e. The zero-order valence-electron chi connectivity index (χ0n) is 22.9. The van der Waals surface area contributed by atoms with Crippen molar-refractivity contribution in [3.63, 3.8) is 0 Å². The Morgan fingerprint density at radius 2 is 1.86 bits per heavy atom. The number of aromatic nitrogens is 1. The van der Waals surface area contributed by atoms with E-state index in [0.717, 1.165) is 35.5 Å². The van der Waals surface area contributed by atoms with Gasteiger partial charge in [0.05, 0.1) is 38.0 Å². The molecule has 2 N–H and O–H groups in total. The Morgan fingerprint density at radius 3 is 2.46 bits per heavy atom. The van der Waals surface area contributed by atoms with Crippen LogP contribution in [0, 0.1) is 35.5 Å². The number of alkyl halides is 2. The van der Waals surface area contributed by atoms with E-state index in [-0.39, 0.29) is 32.7 Å². The molecule has 1 saturated carbocycles. The van der Waals surface area contributed by atoms with Crippen LogP contribution in [0.5, 0.6) is 0 Å². The summed E-state index contributed by atoms with van der Waals surface area (Å²) in [7, 11) is 0. The first-order chi connectivity index (χ1) is 17.0. The van der Waals surface area contributed by atoms with Crippen LogP contribution in [-0.2, 0) is 14.3 Å². The average molecular weight is 664 g/mol. The average Bonchev–Trinajstić information content (AvgIpc) is 3.06. The number of Topliss-reactive ketones (excluding diaryl/α,β-unsaturated/α-hetero) is 1. The van der Waals surface area contributed by atoms with Crippen molar-refractivity contribution in [1.82, 2.24) is 4.98 Å². The number of hydrogen-bond acceptors (Lipinski definition) is 7. The number of aliphatic hydroxyl groups is 2. The predicted octanol–water partition coefficient (Wildman–Crippen LogP) is 6.44. The van der Waals surface area contributed by atoms with E-state index in [1.165, 1.54) is 0 Å². The normalized spacial score (nSPS) is 37.5. The molecular weight excluding hydrogens is 622 g/mol. The van der Waals surface area contributed by atoms with Crippen LogP contribution in [0.3, 0.4) is 0 Å². The van der Waals surface area contributed by atoms with Gasteiger partial charge in [-0.15, -0.1) is 11.3 Å². The Kier molecular flexibility index (Phi) is 9.59. The molecule has 1 aromatic rings. The molecule has 2 fully saturated rings. The molecule has 6 nitrogen and oxygen atoms in total. The quantitative estimate of drug-likeness (QED) is 0.279. The second-order valence-corrected chi connectivity index (χ2v) is 16.6. The van der Waals surface area contributed by atoms with Crippen molar-refractivity contribution in [3.8, 4) is 0 Å². The second kappa shape index (κ2) is 11.5. The minimum Gasteiger partial charge on any atom is -0.458 e.